The summed E-state index contributed by atoms with van der Waals surface area (Å²) in [5.41, 5.74) is -10.2. The molecule has 0 spiro atoms. The van der Waals surface area contributed by atoms with Crippen LogP contribution in [0.2, 0.25) is 0 Å². The Kier molecular flexibility index (Phi) is 5.30. The number of carboxylic acids is 1. The Morgan fingerprint density at radius 2 is 1.57 bits per heavy atom. The van der Waals surface area contributed by atoms with E-state index in [1.54, 1.807) is 0 Å². The van der Waals surface area contributed by atoms with Crippen LogP contribution in [0.4, 0.5) is 39.5 Å². The van der Waals surface area contributed by atoms with E-state index in [1.165, 1.54) is 6.20 Å². The normalized spacial score (nSPS) is 19.1. The van der Waals surface area contributed by atoms with Crippen molar-refractivity contribution in [1.82, 2.24) is 9.38 Å². The summed E-state index contributed by atoms with van der Waals surface area (Å²) in [5.74, 6) is -1.39. The number of hydrogen-bond donors (Lipinski definition) is 1. The third-order valence-electron chi connectivity index (χ3n) is 5.32. The van der Waals surface area contributed by atoms with E-state index in [4.69, 9.17) is 0 Å². The first-order valence-corrected chi connectivity index (χ1v) is 9.36. The average molecular weight is 511 g/mol. The lowest BCUT2D eigenvalue weighted by Gasteiger charge is -2.30. The van der Waals surface area contributed by atoms with Crippen molar-refractivity contribution in [1.29, 1.82) is 0 Å². The highest BCUT2D eigenvalue weighted by Gasteiger charge is 2.63. The molecule has 15 heteroatoms. The number of aromatic nitrogens is 2. The minimum atomic E-state index is -5.50. The molecule has 0 amide bonds. The van der Waals surface area contributed by atoms with Gasteiger partial charge in [-0.05, 0) is 30.3 Å². The van der Waals surface area contributed by atoms with E-state index in [2.05, 4.69) is 15.0 Å². The molecule has 186 valence electrons. The van der Waals surface area contributed by atoms with Crippen LogP contribution >= 0.6 is 0 Å². The average Bonchev–Trinajstić information content (AvgIpc) is 3.39. The molecule has 3 aromatic rings. The van der Waals surface area contributed by atoms with Crippen LogP contribution in [-0.2, 0) is 22.8 Å². The number of fused-ring (bicyclic) bond motifs is 1. The summed E-state index contributed by atoms with van der Waals surface area (Å²) >= 11 is 0. The molecule has 0 aliphatic carbocycles. The molecule has 1 aliphatic heterocycles. The number of pyridine rings is 1. The van der Waals surface area contributed by atoms with Gasteiger partial charge in [-0.3, -0.25) is 4.40 Å². The maximum absolute atomic E-state index is 14.2. The van der Waals surface area contributed by atoms with Crippen LogP contribution in [-0.4, -0.2) is 32.3 Å². The van der Waals surface area contributed by atoms with E-state index in [9.17, 15) is 49.4 Å². The van der Waals surface area contributed by atoms with Gasteiger partial charge in [-0.25, -0.2) is 9.78 Å². The van der Waals surface area contributed by atoms with Crippen molar-refractivity contribution in [2.45, 2.75) is 30.6 Å². The minimum absolute atomic E-state index is 0.0696. The number of alkyl halides is 9. The number of carbonyl (C=O) groups is 1. The number of aromatic carboxylic acids is 1. The molecule has 1 aromatic carbocycles. The molecule has 4 rings (SSSR count). The SMILES string of the molecule is O=C(O)c1ccc(C2=NOC(c3cc(C(F)(F)F)cc(C(F)(F)F)c3)(C(F)(F)F)C2)c2nccn12. The predicted octanol–water partition coefficient (Wildman–Crippen LogP) is 5.65. The smallest absolute Gasteiger partial charge is 0.435 e. The highest BCUT2D eigenvalue weighted by atomic mass is 19.4. The van der Waals surface area contributed by atoms with Crippen LogP contribution in [0.3, 0.4) is 0 Å². The largest absolute Gasteiger partial charge is 0.477 e. The van der Waals surface area contributed by atoms with Gasteiger partial charge in [0.1, 0.15) is 11.3 Å². The number of oxime groups is 1. The molecule has 35 heavy (non-hydrogen) atoms. The number of imidazole rings is 1. The van der Waals surface area contributed by atoms with Crippen LogP contribution in [0.25, 0.3) is 5.65 Å². The van der Waals surface area contributed by atoms with Crippen molar-refractivity contribution in [3.8, 4) is 0 Å². The first-order valence-electron chi connectivity index (χ1n) is 9.36. The lowest BCUT2D eigenvalue weighted by atomic mass is 9.84. The lowest BCUT2D eigenvalue weighted by molar-refractivity contribution is -0.276. The third kappa shape index (κ3) is 4.04. The Bertz CT molecular complexity index is 1320. The van der Waals surface area contributed by atoms with Gasteiger partial charge in [0.15, 0.2) is 0 Å². The second-order valence-corrected chi connectivity index (χ2v) is 7.48. The molecule has 0 fully saturated rings. The summed E-state index contributed by atoms with van der Waals surface area (Å²) in [6.45, 7) is 0. The maximum atomic E-state index is 14.2. The molecule has 3 heterocycles. The zero-order valence-electron chi connectivity index (χ0n) is 16.8. The van der Waals surface area contributed by atoms with Gasteiger partial charge in [-0.15, -0.1) is 0 Å². The van der Waals surface area contributed by atoms with Crippen molar-refractivity contribution in [2.75, 3.05) is 0 Å². The molecule has 1 unspecified atom stereocenters. The zero-order valence-corrected chi connectivity index (χ0v) is 16.8. The highest BCUT2D eigenvalue weighted by Crippen LogP contribution is 2.51. The fourth-order valence-corrected chi connectivity index (χ4v) is 3.65. The Balaban J connectivity index is 1.87. The number of halogens is 9. The van der Waals surface area contributed by atoms with E-state index < -0.39 is 58.9 Å². The zero-order chi connectivity index (χ0) is 26.0. The molecule has 1 atom stereocenters. The first-order chi connectivity index (χ1) is 16.0. The van der Waals surface area contributed by atoms with E-state index in [-0.39, 0.29) is 35.1 Å². The van der Waals surface area contributed by atoms with Crippen molar-refractivity contribution in [3.05, 3.63) is 70.7 Å². The second-order valence-electron chi connectivity index (χ2n) is 7.48. The fourth-order valence-electron chi connectivity index (χ4n) is 3.65. The molecular formula is C20H10F9N3O3. The summed E-state index contributed by atoms with van der Waals surface area (Å²) in [4.78, 5) is 19.8. The van der Waals surface area contributed by atoms with Crippen molar-refractivity contribution in [2.24, 2.45) is 5.16 Å². The molecule has 0 saturated carbocycles. The summed E-state index contributed by atoms with van der Waals surface area (Å²) in [7, 11) is 0. The van der Waals surface area contributed by atoms with E-state index >= 15 is 0 Å². The summed E-state index contributed by atoms with van der Waals surface area (Å²) < 4.78 is 123. The van der Waals surface area contributed by atoms with Crippen LogP contribution in [0.5, 0.6) is 0 Å². The van der Waals surface area contributed by atoms with Crippen molar-refractivity contribution >= 4 is 17.3 Å². The van der Waals surface area contributed by atoms with E-state index in [1.807, 2.05) is 0 Å². The Morgan fingerprint density at radius 3 is 2.09 bits per heavy atom. The molecule has 1 N–H and O–H groups in total. The summed E-state index contributed by atoms with van der Waals surface area (Å²) in [5, 5.41) is 12.6. The number of benzene rings is 1. The van der Waals surface area contributed by atoms with Crippen molar-refractivity contribution < 1.29 is 54.3 Å². The molecule has 0 bridgehead atoms. The standard InChI is InChI=1S/C20H10F9N3O3/c21-18(22,23)10-5-9(6-11(7-10)19(24,25)26)17(20(27,28)29)8-13(31-35-17)12-1-2-14(16(33)34)32-4-3-30-15(12)32/h1-7H,8H2,(H,33,34). The van der Waals surface area contributed by atoms with Gasteiger partial charge in [-0.2, -0.15) is 39.5 Å². The topological polar surface area (TPSA) is 76.2 Å². The monoisotopic (exact) mass is 511 g/mol. The molecule has 0 radical (unpaired) electrons. The van der Waals surface area contributed by atoms with Crippen LogP contribution in [0.1, 0.15) is 39.2 Å². The van der Waals surface area contributed by atoms with Crippen molar-refractivity contribution in [3.63, 3.8) is 0 Å². The van der Waals surface area contributed by atoms with Gasteiger partial charge in [0.2, 0.25) is 0 Å². The van der Waals surface area contributed by atoms with Gasteiger partial charge < -0.3 is 9.94 Å². The van der Waals surface area contributed by atoms with Gasteiger partial charge >= 0.3 is 24.5 Å². The van der Waals surface area contributed by atoms with Crippen LogP contribution in [0, 0.1) is 0 Å². The predicted molar refractivity (Wildman–Crippen MR) is 98.6 cm³/mol. The van der Waals surface area contributed by atoms with Gasteiger partial charge in [-0.1, -0.05) is 5.16 Å². The van der Waals surface area contributed by atoms with Gasteiger partial charge in [0, 0.05) is 23.5 Å². The Morgan fingerprint density at radius 1 is 0.971 bits per heavy atom. The van der Waals surface area contributed by atoms with Crippen LogP contribution in [0.15, 0.2) is 47.9 Å². The maximum Gasteiger partial charge on any atom is 0.435 e. The Labute approximate surface area is 188 Å². The number of hydrogen-bond acceptors (Lipinski definition) is 4. The summed E-state index contributed by atoms with van der Waals surface area (Å²) in [6.07, 6.45) is -15.2. The molecule has 0 saturated heterocycles. The minimum Gasteiger partial charge on any atom is -0.477 e. The quantitative estimate of drug-likeness (QED) is 0.461. The summed E-state index contributed by atoms with van der Waals surface area (Å²) in [6, 6.07) is 1.64. The highest BCUT2D eigenvalue weighted by molar-refractivity contribution is 6.07. The van der Waals surface area contributed by atoms with Crippen LogP contribution < -0.4 is 0 Å². The van der Waals surface area contributed by atoms with Gasteiger partial charge in [0.25, 0.3) is 5.60 Å². The molecule has 2 aromatic heterocycles. The molecular weight excluding hydrogens is 501 g/mol. The fraction of sp³-hybridized carbons (Fsp3) is 0.250. The number of nitrogens with zero attached hydrogens (tertiary/aromatic N) is 3. The second kappa shape index (κ2) is 7.61. The first kappa shape index (κ1) is 24.3. The molecule has 6 nitrogen and oxygen atoms in total. The van der Waals surface area contributed by atoms with E-state index in [0.29, 0.717) is 0 Å². The number of rotatable bonds is 3. The van der Waals surface area contributed by atoms with Gasteiger partial charge in [0.05, 0.1) is 23.3 Å². The third-order valence-corrected chi connectivity index (χ3v) is 5.32. The van der Waals surface area contributed by atoms with E-state index in [0.717, 1.165) is 22.7 Å². The lowest BCUT2D eigenvalue weighted by Crippen LogP contribution is -2.43. The number of carboxylic acid groups (broad SMARTS) is 1. The molecule has 1 aliphatic rings. The Hall–Kier alpha value is -3.78.